The number of nitrogen functional groups attached to an aromatic ring is 1. The predicted molar refractivity (Wildman–Crippen MR) is 87.6 cm³/mol. The molecule has 9 heteroatoms. The number of hydrogen-bond acceptors (Lipinski definition) is 8. The summed E-state index contributed by atoms with van der Waals surface area (Å²) in [5.41, 5.74) is 6.38. The van der Waals surface area contributed by atoms with E-state index in [1.165, 1.54) is 28.2 Å². The van der Waals surface area contributed by atoms with Gasteiger partial charge in [0.05, 0.1) is 6.61 Å². The number of thioether (sulfide) groups is 2. The second-order valence-corrected chi connectivity index (χ2v) is 5.76. The topological polar surface area (TPSA) is 103 Å². The highest BCUT2D eigenvalue weighted by Gasteiger charge is 2.18. The van der Waals surface area contributed by atoms with Crippen LogP contribution in [0.5, 0.6) is 5.88 Å². The third-order valence-electron chi connectivity index (χ3n) is 2.72. The normalized spacial score (nSPS) is 10.5. The smallest absolute Gasteiger partial charge is 0.219 e. The Kier molecular flexibility index (Phi) is 5.51. The van der Waals surface area contributed by atoms with E-state index in [1.807, 2.05) is 19.4 Å². The monoisotopic (exact) mass is 336 g/mol. The molecule has 0 aliphatic heterocycles. The molecule has 2 N–H and O–H groups in total. The highest BCUT2D eigenvalue weighted by atomic mass is 32.2. The molecular weight excluding hydrogens is 320 g/mol. The molecule has 2 heterocycles. The van der Waals surface area contributed by atoms with E-state index >= 15 is 0 Å². The number of nitriles is 1. The maximum absolute atomic E-state index is 9.20. The minimum absolute atomic E-state index is 0.263. The molecule has 2 aromatic rings. The molecule has 0 radical (unpaired) electrons. The summed E-state index contributed by atoms with van der Waals surface area (Å²) in [7, 11) is 0. The van der Waals surface area contributed by atoms with Gasteiger partial charge in [0.15, 0.2) is 11.0 Å². The van der Waals surface area contributed by atoms with Gasteiger partial charge in [-0.1, -0.05) is 18.7 Å². The van der Waals surface area contributed by atoms with Crippen LogP contribution in [0.2, 0.25) is 0 Å². The number of aromatic nitrogens is 4. The van der Waals surface area contributed by atoms with E-state index in [9.17, 15) is 5.26 Å². The van der Waals surface area contributed by atoms with Crippen LogP contribution >= 0.6 is 23.5 Å². The Morgan fingerprint density at radius 2 is 2.14 bits per heavy atom. The molecule has 0 aliphatic rings. The molecule has 2 rings (SSSR count). The number of anilines is 1. The molecule has 0 amide bonds. The second kappa shape index (κ2) is 7.38. The lowest BCUT2D eigenvalue weighted by Gasteiger charge is -2.08. The Morgan fingerprint density at radius 3 is 2.68 bits per heavy atom. The fourth-order valence-electron chi connectivity index (χ4n) is 1.71. The summed E-state index contributed by atoms with van der Waals surface area (Å²) < 4.78 is 7.02. The molecule has 22 heavy (non-hydrogen) atoms. The zero-order valence-electron chi connectivity index (χ0n) is 12.5. The summed E-state index contributed by atoms with van der Waals surface area (Å²) in [5.74, 6) is 1.22. The molecule has 0 saturated carbocycles. The van der Waals surface area contributed by atoms with Crippen molar-refractivity contribution in [3.63, 3.8) is 0 Å². The predicted octanol–water partition coefficient (Wildman–Crippen LogP) is 2.35. The third-order valence-corrected chi connectivity index (χ3v) is 3.94. The number of nitrogens with zero attached hydrogens (tertiary/aromatic N) is 5. The van der Waals surface area contributed by atoms with Crippen LogP contribution in [-0.4, -0.2) is 38.9 Å². The van der Waals surface area contributed by atoms with Gasteiger partial charge in [-0.25, -0.2) is 4.98 Å². The van der Waals surface area contributed by atoms with E-state index < -0.39 is 0 Å². The average Bonchev–Trinajstić information content (AvgIpc) is 2.88. The van der Waals surface area contributed by atoms with Crippen LogP contribution < -0.4 is 10.5 Å². The fourth-order valence-corrected chi connectivity index (χ4v) is 2.59. The minimum atomic E-state index is 0.263. The number of hydrogen-bond donors (Lipinski definition) is 1. The van der Waals surface area contributed by atoms with Crippen molar-refractivity contribution in [3.8, 4) is 17.8 Å². The Morgan fingerprint density at radius 1 is 1.36 bits per heavy atom. The van der Waals surface area contributed by atoms with Gasteiger partial charge >= 0.3 is 0 Å². The minimum Gasteiger partial charge on any atom is -0.478 e. The van der Waals surface area contributed by atoms with Crippen molar-refractivity contribution in [3.05, 3.63) is 11.6 Å². The maximum atomic E-state index is 9.20. The van der Waals surface area contributed by atoms with Crippen LogP contribution in [0.1, 0.15) is 18.9 Å². The molecule has 2 aromatic heterocycles. The summed E-state index contributed by atoms with van der Waals surface area (Å²) in [6.07, 6.45) is 4.60. The average molecular weight is 336 g/mol. The quantitative estimate of drug-likeness (QED) is 0.633. The molecule has 0 aliphatic carbocycles. The van der Waals surface area contributed by atoms with Crippen LogP contribution in [0, 0.1) is 11.3 Å². The lowest BCUT2D eigenvalue weighted by atomic mass is 10.3. The number of ether oxygens (including phenoxy) is 1. The number of nitrogens with two attached hydrogens (primary N) is 1. The molecule has 0 bridgehead atoms. The van der Waals surface area contributed by atoms with Gasteiger partial charge in [-0.05, 0) is 18.9 Å². The molecule has 0 fully saturated rings. The van der Waals surface area contributed by atoms with Crippen molar-refractivity contribution >= 4 is 29.3 Å². The highest BCUT2D eigenvalue weighted by Crippen LogP contribution is 2.27. The van der Waals surface area contributed by atoms with E-state index in [0.717, 1.165) is 6.42 Å². The van der Waals surface area contributed by atoms with Crippen molar-refractivity contribution in [2.24, 2.45) is 0 Å². The highest BCUT2D eigenvalue weighted by molar-refractivity contribution is 7.98. The third kappa shape index (κ3) is 3.28. The molecule has 0 aromatic carbocycles. The largest absolute Gasteiger partial charge is 0.478 e. The van der Waals surface area contributed by atoms with Crippen LogP contribution in [0.3, 0.4) is 0 Å². The first-order valence-electron chi connectivity index (χ1n) is 6.53. The van der Waals surface area contributed by atoms with Crippen molar-refractivity contribution < 1.29 is 4.74 Å². The summed E-state index contributed by atoms with van der Waals surface area (Å²) in [6, 6.07) is 3.74. The molecular formula is C13H16N6OS2. The first-order valence-corrected chi connectivity index (χ1v) is 8.98. The van der Waals surface area contributed by atoms with Crippen LogP contribution in [-0.2, 0) is 0 Å². The molecule has 0 saturated heterocycles. The lowest BCUT2D eigenvalue weighted by Crippen LogP contribution is -2.07. The van der Waals surface area contributed by atoms with E-state index in [4.69, 9.17) is 10.5 Å². The van der Waals surface area contributed by atoms with E-state index in [0.29, 0.717) is 34.1 Å². The van der Waals surface area contributed by atoms with Crippen molar-refractivity contribution in [1.82, 2.24) is 19.7 Å². The van der Waals surface area contributed by atoms with Crippen LogP contribution in [0.15, 0.2) is 16.2 Å². The standard InChI is InChI=1S/C13H16N6OS2/c1-4-5-20-10-6-9(16-13(17-10)22-3)19-11(15)8(7-14)12(18-19)21-2/h6H,4-5,15H2,1-3H3. The van der Waals surface area contributed by atoms with Crippen molar-refractivity contribution in [2.45, 2.75) is 23.5 Å². The Balaban J connectivity index is 2.52. The van der Waals surface area contributed by atoms with Gasteiger partial charge in [0.1, 0.15) is 22.5 Å². The van der Waals surface area contributed by atoms with Crippen LogP contribution in [0.4, 0.5) is 5.82 Å². The first-order chi connectivity index (χ1) is 10.6. The Labute approximate surface area is 137 Å². The molecule has 0 unspecified atom stereocenters. The second-order valence-electron chi connectivity index (χ2n) is 4.19. The first kappa shape index (κ1) is 16.5. The number of rotatable bonds is 6. The van der Waals surface area contributed by atoms with Gasteiger partial charge in [-0.15, -0.1) is 11.8 Å². The zero-order chi connectivity index (χ0) is 16.1. The van der Waals surface area contributed by atoms with Crippen molar-refractivity contribution in [2.75, 3.05) is 24.9 Å². The van der Waals surface area contributed by atoms with E-state index in [-0.39, 0.29) is 5.82 Å². The summed E-state index contributed by atoms with van der Waals surface area (Å²) in [6.45, 7) is 2.59. The van der Waals surface area contributed by atoms with Gasteiger partial charge in [0.25, 0.3) is 0 Å². The van der Waals surface area contributed by atoms with Gasteiger partial charge in [-0.2, -0.15) is 20.0 Å². The molecule has 0 atom stereocenters. The Bertz CT molecular complexity index is 709. The maximum Gasteiger partial charge on any atom is 0.219 e. The van der Waals surface area contributed by atoms with E-state index in [2.05, 4.69) is 21.1 Å². The molecule has 7 nitrogen and oxygen atoms in total. The molecule has 116 valence electrons. The van der Waals surface area contributed by atoms with Gasteiger partial charge in [0.2, 0.25) is 5.88 Å². The van der Waals surface area contributed by atoms with Gasteiger partial charge in [0, 0.05) is 6.07 Å². The van der Waals surface area contributed by atoms with Gasteiger partial charge in [-0.3, -0.25) is 0 Å². The summed E-state index contributed by atoms with van der Waals surface area (Å²) in [5, 5.41) is 14.7. The lowest BCUT2D eigenvalue weighted by molar-refractivity contribution is 0.301. The fraction of sp³-hybridized carbons (Fsp3) is 0.385. The summed E-state index contributed by atoms with van der Waals surface area (Å²) in [4.78, 5) is 8.68. The molecule has 0 spiro atoms. The van der Waals surface area contributed by atoms with Gasteiger partial charge < -0.3 is 10.5 Å². The summed E-state index contributed by atoms with van der Waals surface area (Å²) >= 11 is 2.76. The van der Waals surface area contributed by atoms with E-state index in [1.54, 1.807) is 6.07 Å². The van der Waals surface area contributed by atoms with Crippen molar-refractivity contribution in [1.29, 1.82) is 5.26 Å². The SMILES string of the molecule is CCCOc1cc(-n2nc(SC)c(C#N)c2N)nc(SC)n1. The zero-order valence-corrected chi connectivity index (χ0v) is 14.2. The van der Waals surface area contributed by atoms with Crippen LogP contribution in [0.25, 0.3) is 5.82 Å². The Hall–Kier alpha value is -1.92.